The molecule has 26 heavy (non-hydrogen) atoms. The third-order valence-corrected chi connectivity index (χ3v) is 4.29. The molecule has 1 N–H and O–H groups in total. The lowest BCUT2D eigenvalue weighted by Crippen LogP contribution is -2.23. The van der Waals surface area contributed by atoms with Crippen LogP contribution in [-0.2, 0) is 13.6 Å². The molecule has 0 radical (unpaired) electrons. The maximum atomic E-state index is 12.9. The third kappa shape index (κ3) is 3.37. The number of hydrogen-bond acceptors (Lipinski definition) is 5. The average molecular weight is 353 g/mol. The molecule has 7 nitrogen and oxygen atoms in total. The predicted molar refractivity (Wildman–Crippen MR) is 99.3 cm³/mol. The van der Waals surface area contributed by atoms with Gasteiger partial charge in [-0.25, -0.2) is 9.97 Å². The lowest BCUT2D eigenvalue weighted by atomic mass is 10.0. The topological polar surface area (TPSA) is 81.9 Å². The van der Waals surface area contributed by atoms with E-state index in [4.69, 9.17) is 4.74 Å². The Hall–Kier alpha value is -2.96. The van der Waals surface area contributed by atoms with Crippen LogP contribution < -0.4 is 10.1 Å². The van der Waals surface area contributed by atoms with Crippen molar-refractivity contribution in [1.82, 2.24) is 25.1 Å². The summed E-state index contributed by atoms with van der Waals surface area (Å²) in [6.07, 6.45) is 1.66. The highest BCUT2D eigenvalue weighted by Gasteiger charge is 2.19. The Morgan fingerprint density at radius 3 is 2.81 bits per heavy atom. The van der Waals surface area contributed by atoms with Crippen LogP contribution in [0.5, 0.6) is 5.88 Å². The van der Waals surface area contributed by atoms with Crippen LogP contribution in [0.1, 0.15) is 47.1 Å². The van der Waals surface area contributed by atoms with E-state index in [1.165, 1.54) is 0 Å². The zero-order chi connectivity index (χ0) is 18.8. The molecule has 0 aliphatic rings. The Kier molecular flexibility index (Phi) is 4.88. The molecule has 3 aromatic heterocycles. The Labute approximate surface area is 152 Å². The number of fused-ring (bicyclic) bond motifs is 1. The third-order valence-electron chi connectivity index (χ3n) is 4.29. The van der Waals surface area contributed by atoms with Crippen LogP contribution in [0, 0.1) is 6.92 Å². The van der Waals surface area contributed by atoms with Gasteiger partial charge >= 0.3 is 0 Å². The number of aromatic nitrogens is 4. The molecule has 0 fully saturated rings. The molecule has 3 rings (SSSR count). The van der Waals surface area contributed by atoms with E-state index >= 15 is 0 Å². The number of aryl methyl sites for hydroxylation is 2. The van der Waals surface area contributed by atoms with Crippen molar-refractivity contribution in [2.75, 3.05) is 7.11 Å². The first kappa shape index (κ1) is 17.8. The molecule has 0 aromatic carbocycles. The van der Waals surface area contributed by atoms with Gasteiger partial charge in [0.1, 0.15) is 0 Å². The molecule has 0 unspecified atom stereocenters. The quantitative estimate of drug-likeness (QED) is 0.763. The highest BCUT2D eigenvalue weighted by atomic mass is 16.5. The Morgan fingerprint density at radius 2 is 2.12 bits per heavy atom. The summed E-state index contributed by atoms with van der Waals surface area (Å²) >= 11 is 0. The molecule has 0 atom stereocenters. The van der Waals surface area contributed by atoms with Crippen molar-refractivity contribution in [1.29, 1.82) is 0 Å². The highest BCUT2D eigenvalue weighted by Crippen LogP contribution is 2.25. The van der Waals surface area contributed by atoms with Gasteiger partial charge < -0.3 is 10.1 Å². The monoisotopic (exact) mass is 353 g/mol. The largest absolute Gasteiger partial charge is 0.481 e. The number of carbonyl (C=O) groups is 1. The molecule has 1 amide bonds. The minimum Gasteiger partial charge on any atom is -0.481 e. The minimum atomic E-state index is -0.147. The number of carbonyl (C=O) groups excluding carboxylic acids is 1. The summed E-state index contributed by atoms with van der Waals surface area (Å²) < 4.78 is 6.84. The highest BCUT2D eigenvalue weighted by molar-refractivity contribution is 6.06. The van der Waals surface area contributed by atoms with Gasteiger partial charge in [0.15, 0.2) is 5.65 Å². The van der Waals surface area contributed by atoms with Gasteiger partial charge in [0, 0.05) is 31.5 Å². The van der Waals surface area contributed by atoms with Gasteiger partial charge in [-0.3, -0.25) is 9.48 Å². The van der Waals surface area contributed by atoms with Crippen molar-refractivity contribution in [3.8, 4) is 5.88 Å². The molecule has 136 valence electrons. The lowest BCUT2D eigenvalue weighted by molar-refractivity contribution is 0.0952. The SMILES string of the molecule is COc1cc(CNC(=O)c2cc(C(C)C)nc3c2c(C)nn3C)ccn1. The fourth-order valence-corrected chi connectivity index (χ4v) is 2.89. The maximum Gasteiger partial charge on any atom is 0.252 e. The first-order valence-corrected chi connectivity index (χ1v) is 8.52. The van der Waals surface area contributed by atoms with Crippen molar-refractivity contribution in [3.05, 3.63) is 46.9 Å². The molecule has 0 bridgehead atoms. The number of amides is 1. The zero-order valence-corrected chi connectivity index (χ0v) is 15.7. The second kappa shape index (κ2) is 7.11. The Morgan fingerprint density at radius 1 is 1.35 bits per heavy atom. The molecule has 0 saturated carbocycles. The van der Waals surface area contributed by atoms with E-state index in [0.29, 0.717) is 18.0 Å². The zero-order valence-electron chi connectivity index (χ0n) is 15.7. The van der Waals surface area contributed by atoms with Gasteiger partial charge in [-0.2, -0.15) is 5.10 Å². The molecule has 0 saturated heterocycles. The number of rotatable bonds is 5. The smallest absolute Gasteiger partial charge is 0.252 e. The summed E-state index contributed by atoms with van der Waals surface area (Å²) in [5.41, 5.74) is 3.91. The van der Waals surface area contributed by atoms with Crippen LogP contribution in [-0.4, -0.2) is 32.8 Å². The van der Waals surface area contributed by atoms with Crippen LogP contribution in [0.15, 0.2) is 24.4 Å². The molecule has 0 aliphatic carbocycles. The van der Waals surface area contributed by atoms with Gasteiger partial charge in [0.2, 0.25) is 5.88 Å². The molecular weight excluding hydrogens is 330 g/mol. The molecule has 7 heteroatoms. The number of nitrogens with one attached hydrogen (secondary N) is 1. The molecular formula is C19H23N5O2. The van der Waals surface area contributed by atoms with E-state index in [1.807, 2.05) is 26.1 Å². The van der Waals surface area contributed by atoms with Crippen LogP contribution in [0.4, 0.5) is 0 Å². The van der Waals surface area contributed by atoms with E-state index in [0.717, 1.165) is 28.0 Å². The van der Waals surface area contributed by atoms with Gasteiger partial charge in [-0.05, 0) is 30.5 Å². The van der Waals surface area contributed by atoms with Crippen molar-refractivity contribution in [3.63, 3.8) is 0 Å². The van der Waals surface area contributed by atoms with E-state index in [9.17, 15) is 4.79 Å². The number of pyridine rings is 2. The summed E-state index contributed by atoms with van der Waals surface area (Å²) in [5.74, 6) is 0.588. The summed E-state index contributed by atoms with van der Waals surface area (Å²) in [4.78, 5) is 21.6. The van der Waals surface area contributed by atoms with E-state index < -0.39 is 0 Å². The lowest BCUT2D eigenvalue weighted by Gasteiger charge is -2.11. The summed E-state index contributed by atoms with van der Waals surface area (Å²) in [6, 6.07) is 5.52. The van der Waals surface area contributed by atoms with E-state index in [1.54, 1.807) is 24.1 Å². The minimum absolute atomic E-state index is 0.147. The first-order valence-electron chi connectivity index (χ1n) is 8.52. The number of hydrogen-bond donors (Lipinski definition) is 1. The number of ether oxygens (including phenoxy) is 1. The second-order valence-corrected chi connectivity index (χ2v) is 6.55. The van der Waals surface area contributed by atoms with Crippen molar-refractivity contribution >= 4 is 16.9 Å². The number of nitrogens with zero attached hydrogens (tertiary/aromatic N) is 4. The fourth-order valence-electron chi connectivity index (χ4n) is 2.89. The standard InChI is InChI=1S/C19H23N5O2/c1-11(2)15-9-14(17-12(3)23-24(4)18(17)22-15)19(25)21-10-13-6-7-20-16(8-13)26-5/h6-9,11H,10H2,1-5H3,(H,21,25). The maximum absolute atomic E-state index is 12.9. The summed E-state index contributed by atoms with van der Waals surface area (Å²) in [5, 5.41) is 8.19. The Balaban J connectivity index is 1.94. The normalized spacial score (nSPS) is 11.2. The summed E-state index contributed by atoms with van der Waals surface area (Å²) in [7, 11) is 3.41. The number of methoxy groups -OCH3 is 1. The van der Waals surface area contributed by atoms with Crippen LogP contribution in [0.25, 0.3) is 11.0 Å². The average Bonchev–Trinajstić information content (AvgIpc) is 2.93. The molecule has 0 spiro atoms. The first-order chi connectivity index (χ1) is 12.4. The molecule has 3 aromatic rings. The van der Waals surface area contributed by atoms with Crippen LogP contribution in [0.3, 0.4) is 0 Å². The van der Waals surface area contributed by atoms with Crippen molar-refractivity contribution < 1.29 is 9.53 Å². The molecule has 0 aliphatic heterocycles. The van der Waals surface area contributed by atoms with Crippen molar-refractivity contribution in [2.45, 2.75) is 33.2 Å². The van der Waals surface area contributed by atoms with Crippen LogP contribution >= 0.6 is 0 Å². The van der Waals surface area contributed by atoms with Gasteiger partial charge in [0.25, 0.3) is 5.91 Å². The van der Waals surface area contributed by atoms with Gasteiger partial charge in [-0.15, -0.1) is 0 Å². The van der Waals surface area contributed by atoms with E-state index in [-0.39, 0.29) is 11.8 Å². The second-order valence-electron chi connectivity index (χ2n) is 6.55. The van der Waals surface area contributed by atoms with Gasteiger partial charge in [-0.1, -0.05) is 13.8 Å². The van der Waals surface area contributed by atoms with E-state index in [2.05, 4.69) is 34.2 Å². The fraction of sp³-hybridized carbons (Fsp3) is 0.368. The van der Waals surface area contributed by atoms with Gasteiger partial charge in [0.05, 0.1) is 23.8 Å². The molecule has 3 heterocycles. The van der Waals surface area contributed by atoms with Crippen molar-refractivity contribution in [2.24, 2.45) is 7.05 Å². The van der Waals surface area contributed by atoms with Crippen LogP contribution in [0.2, 0.25) is 0 Å². The summed E-state index contributed by atoms with van der Waals surface area (Å²) in [6.45, 7) is 6.39. The Bertz CT molecular complexity index is 962. The predicted octanol–water partition coefficient (Wildman–Crippen LogP) is 2.73.